The van der Waals surface area contributed by atoms with E-state index in [0.29, 0.717) is 16.7 Å². The number of hydrogen-bond donors (Lipinski definition) is 1. The van der Waals surface area contributed by atoms with Gasteiger partial charge in [0.2, 0.25) is 0 Å². The van der Waals surface area contributed by atoms with Crippen molar-refractivity contribution in [1.82, 2.24) is 0 Å². The second-order valence-electron chi connectivity index (χ2n) is 9.12. The Bertz CT molecular complexity index is 391. The normalized spacial score (nSPS) is 58.6. The molecule has 0 bridgehead atoms. The molecule has 7 atom stereocenters. The Kier molecular flexibility index (Phi) is 3.05. The van der Waals surface area contributed by atoms with Crippen LogP contribution in [0.5, 0.6) is 0 Å². The first kappa shape index (κ1) is 13.6. The van der Waals surface area contributed by atoms with Crippen LogP contribution < -0.4 is 0 Å². The van der Waals surface area contributed by atoms with Crippen molar-refractivity contribution in [3.8, 4) is 0 Å². The van der Waals surface area contributed by atoms with Gasteiger partial charge in [-0.15, -0.1) is 0 Å². The van der Waals surface area contributed by atoms with Gasteiger partial charge in [-0.05, 0) is 85.9 Å². The molecule has 0 amide bonds. The van der Waals surface area contributed by atoms with E-state index in [9.17, 15) is 5.11 Å². The molecule has 4 saturated carbocycles. The molecule has 0 unspecified atom stereocenters. The topological polar surface area (TPSA) is 20.2 Å². The molecule has 1 heteroatoms. The highest BCUT2D eigenvalue weighted by molar-refractivity contribution is 5.08. The molecule has 4 aliphatic rings. The maximum absolute atomic E-state index is 10.6. The van der Waals surface area contributed by atoms with Gasteiger partial charge in [-0.2, -0.15) is 0 Å². The van der Waals surface area contributed by atoms with Crippen LogP contribution in [0.25, 0.3) is 0 Å². The molecule has 4 fully saturated rings. The lowest BCUT2D eigenvalue weighted by Gasteiger charge is -2.60. The highest BCUT2D eigenvalue weighted by Gasteiger charge is 2.59. The van der Waals surface area contributed by atoms with Crippen molar-refractivity contribution in [2.24, 2.45) is 34.5 Å². The Morgan fingerprint density at radius 2 is 1.65 bits per heavy atom. The van der Waals surface area contributed by atoms with Crippen molar-refractivity contribution in [3.05, 3.63) is 0 Å². The summed E-state index contributed by atoms with van der Waals surface area (Å²) in [5.41, 5.74) is 1.09. The van der Waals surface area contributed by atoms with Crippen molar-refractivity contribution in [2.75, 3.05) is 0 Å². The second kappa shape index (κ2) is 4.48. The summed E-state index contributed by atoms with van der Waals surface area (Å²) in [4.78, 5) is 0. The fourth-order valence-electron chi connectivity index (χ4n) is 7.32. The molecule has 0 aliphatic heterocycles. The molecule has 1 N–H and O–H groups in total. The van der Waals surface area contributed by atoms with Gasteiger partial charge in [0.15, 0.2) is 0 Å². The molecule has 20 heavy (non-hydrogen) atoms. The summed E-state index contributed by atoms with van der Waals surface area (Å²) in [5.74, 6) is 3.39. The first-order valence-corrected chi connectivity index (χ1v) is 9.23. The maximum atomic E-state index is 10.6. The first-order valence-electron chi connectivity index (χ1n) is 9.23. The Morgan fingerprint density at radius 1 is 0.850 bits per heavy atom. The predicted molar refractivity (Wildman–Crippen MR) is 82.4 cm³/mol. The molecule has 0 aromatic heterocycles. The standard InChI is InChI=1S/C19H32O/c1-18-11-8-15-14(17(18)16(20)9-12-18)7-6-13-5-3-4-10-19(13,15)2/h13-17,20H,3-12H2,1-2H3/t13-,14+,15-,16+,17-,18-,19-/m1/s1. The van der Waals surface area contributed by atoms with Gasteiger partial charge >= 0.3 is 0 Å². The summed E-state index contributed by atoms with van der Waals surface area (Å²) in [6.07, 6.45) is 14.0. The van der Waals surface area contributed by atoms with Gasteiger partial charge in [-0.1, -0.05) is 26.7 Å². The Balaban J connectivity index is 1.66. The van der Waals surface area contributed by atoms with Crippen LogP contribution in [0.3, 0.4) is 0 Å². The van der Waals surface area contributed by atoms with Crippen LogP contribution in [0.4, 0.5) is 0 Å². The van der Waals surface area contributed by atoms with E-state index in [2.05, 4.69) is 13.8 Å². The smallest absolute Gasteiger partial charge is 0.0576 e. The maximum Gasteiger partial charge on any atom is 0.0576 e. The number of aliphatic hydroxyl groups is 1. The third kappa shape index (κ3) is 1.71. The van der Waals surface area contributed by atoms with Gasteiger partial charge < -0.3 is 5.11 Å². The van der Waals surface area contributed by atoms with Crippen molar-refractivity contribution >= 4 is 0 Å². The summed E-state index contributed by atoms with van der Waals surface area (Å²) in [6.45, 7) is 5.11. The predicted octanol–water partition coefficient (Wildman–Crippen LogP) is 4.78. The van der Waals surface area contributed by atoms with Gasteiger partial charge in [-0.3, -0.25) is 0 Å². The summed E-state index contributed by atoms with van der Waals surface area (Å²) in [5, 5.41) is 10.6. The van der Waals surface area contributed by atoms with E-state index in [-0.39, 0.29) is 6.10 Å². The number of rotatable bonds is 0. The van der Waals surface area contributed by atoms with Crippen LogP contribution in [0, 0.1) is 34.5 Å². The summed E-state index contributed by atoms with van der Waals surface area (Å²) >= 11 is 0. The van der Waals surface area contributed by atoms with Gasteiger partial charge in [0.1, 0.15) is 0 Å². The molecule has 0 aromatic carbocycles. The molecule has 4 rings (SSSR count). The molecule has 0 heterocycles. The van der Waals surface area contributed by atoms with E-state index in [1.807, 2.05) is 0 Å². The average molecular weight is 276 g/mol. The lowest BCUT2D eigenvalue weighted by molar-refractivity contribution is -0.122. The molecule has 0 aromatic rings. The fraction of sp³-hybridized carbons (Fsp3) is 1.00. The molecule has 0 spiro atoms. The molecule has 0 saturated heterocycles. The van der Waals surface area contributed by atoms with E-state index in [1.165, 1.54) is 57.8 Å². The highest BCUT2D eigenvalue weighted by Crippen LogP contribution is 2.66. The molecule has 4 aliphatic carbocycles. The van der Waals surface area contributed by atoms with Crippen LogP contribution in [-0.2, 0) is 0 Å². The largest absolute Gasteiger partial charge is 0.393 e. The molecule has 114 valence electrons. The lowest BCUT2D eigenvalue weighted by atomic mass is 9.45. The van der Waals surface area contributed by atoms with Crippen molar-refractivity contribution < 1.29 is 5.11 Å². The number of fused-ring (bicyclic) bond motifs is 5. The van der Waals surface area contributed by atoms with Crippen LogP contribution in [0.15, 0.2) is 0 Å². The van der Waals surface area contributed by atoms with E-state index >= 15 is 0 Å². The van der Waals surface area contributed by atoms with E-state index in [4.69, 9.17) is 0 Å². The van der Waals surface area contributed by atoms with E-state index < -0.39 is 0 Å². The van der Waals surface area contributed by atoms with Crippen LogP contribution in [-0.4, -0.2) is 11.2 Å². The third-order valence-corrected chi connectivity index (χ3v) is 8.38. The van der Waals surface area contributed by atoms with Gasteiger partial charge in [-0.25, -0.2) is 0 Å². The fourth-order valence-corrected chi connectivity index (χ4v) is 7.32. The summed E-state index contributed by atoms with van der Waals surface area (Å²) in [6, 6.07) is 0. The van der Waals surface area contributed by atoms with Crippen molar-refractivity contribution in [2.45, 2.75) is 84.2 Å². The van der Waals surface area contributed by atoms with Gasteiger partial charge in [0.05, 0.1) is 6.10 Å². The first-order chi connectivity index (χ1) is 9.55. The molecule has 1 nitrogen and oxygen atoms in total. The summed E-state index contributed by atoms with van der Waals surface area (Å²) in [7, 11) is 0. The van der Waals surface area contributed by atoms with Gasteiger partial charge in [0, 0.05) is 0 Å². The summed E-state index contributed by atoms with van der Waals surface area (Å²) < 4.78 is 0. The minimum atomic E-state index is 0.0107. The van der Waals surface area contributed by atoms with Gasteiger partial charge in [0.25, 0.3) is 0 Å². The Labute approximate surface area is 124 Å². The van der Waals surface area contributed by atoms with Crippen molar-refractivity contribution in [1.29, 1.82) is 0 Å². The zero-order valence-electron chi connectivity index (χ0n) is 13.4. The highest BCUT2D eigenvalue weighted by atomic mass is 16.3. The SMILES string of the molecule is C[C@]12CC[C@@H]3[C@H](CC[C@H]4CCCC[C@]43C)[C@@H]1[C@@H](O)CC2. The minimum Gasteiger partial charge on any atom is -0.393 e. The second-order valence-corrected chi connectivity index (χ2v) is 9.12. The zero-order chi connectivity index (χ0) is 14.0. The Morgan fingerprint density at radius 3 is 2.50 bits per heavy atom. The molecular formula is C19H32O. The lowest BCUT2D eigenvalue weighted by Crippen LogP contribution is -2.53. The molecule has 0 radical (unpaired) electrons. The molecular weight excluding hydrogens is 244 g/mol. The number of hydrogen-bond acceptors (Lipinski definition) is 1. The quantitative estimate of drug-likeness (QED) is 0.675. The number of aliphatic hydroxyl groups excluding tert-OH is 1. The van der Waals surface area contributed by atoms with Crippen LogP contribution in [0.2, 0.25) is 0 Å². The zero-order valence-corrected chi connectivity index (χ0v) is 13.4. The van der Waals surface area contributed by atoms with Crippen LogP contribution in [0.1, 0.15) is 78.1 Å². The Hall–Kier alpha value is -0.0400. The van der Waals surface area contributed by atoms with Crippen LogP contribution >= 0.6 is 0 Å². The monoisotopic (exact) mass is 276 g/mol. The minimum absolute atomic E-state index is 0.0107. The average Bonchev–Trinajstić information content (AvgIpc) is 2.74. The third-order valence-electron chi connectivity index (χ3n) is 8.38. The van der Waals surface area contributed by atoms with Crippen molar-refractivity contribution in [3.63, 3.8) is 0 Å². The van der Waals surface area contributed by atoms with E-state index in [0.717, 1.165) is 24.2 Å². The van der Waals surface area contributed by atoms with E-state index in [1.54, 1.807) is 0 Å².